The topological polar surface area (TPSA) is 78.5 Å². The van der Waals surface area contributed by atoms with Gasteiger partial charge in [0.2, 0.25) is 11.8 Å². The molecule has 1 atom stereocenters. The van der Waals surface area contributed by atoms with Gasteiger partial charge in [0.25, 0.3) is 5.91 Å². The van der Waals surface area contributed by atoms with Crippen molar-refractivity contribution in [3.63, 3.8) is 0 Å². The molecule has 3 rings (SSSR count). The largest absolute Gasteiger partial charge is 0.354 e. The van der Waals surface area contributed by atoms with Gasteiger partial charge in [0.05, 0.1) is 5.92 Å². The van der Waals surface area contributed by atoms with Crippen molar-refractivity contribution in [1.29, 1.82) is 0 Å². The highest BCUT2D eigenvalue weighted by molar-refractivity contribution is 6.00. The minimum atomic E-state index is -0.368. The molecule has 0 bridgehead atoms. The van der Waals surface area contributed by atoms with E-state index in [4.69, 9.17) is 0 Å². The maximum Gasteiger partial charge on any atom is 0.251 e. The molecule has 0 saturated carbocycles. The van der Waals surface area contributed by atoms with E-state index in [1.807, 2.05) is 36.4 Å². The summed E-state index contributed by atoms with van der Waals surface area (Å²) in [5, 5.41) is 5.55. The van der Waals surface area contributed by atoms with E-state index < -0.39 is 0 Å². The lowest BCUT2D eigenvalue weighted by atomic mass is 10.1. The number of nitrogens with one attached hydrogen (secondary N) is 2. The summed E-state index contributed by atoms with van der Waals surface area (Å²) in [6, 6.07) is 18.2. The summed E-state index contributed by atoms with van der Waals surface area (Å²) in [7, 11) is 0. The minimum Gasteiger partial charge on any atom is -0.354 e. The SMILES string of the molecule is O=C(NCCNC(=O)[C@H]1CC(=O)N(c2ccccc2)C1)c1ccccc1. The molecule has 1 aliphatic rings. The molecule has 0 aromatic heterocycles. The molecule has 134 valence electrons. The molecular formula is C20H21N3O3. The van der Waals surface area contributed by atoms with Gasteiger partial charge in [0, 0.05) is 37.3 Å². The lowest BCUT2D eigenvalue weighted by Gasteiger charge is -2.16. The van der Waals surface area contributed by atoms with E-state index in [0.29, 0.717) is 25.2 Å². The van der Waals surface area contributed by atoms with Gasteiger partial charge in [-0.15, -0.1) is 0 Å². The third-order valence-electron chi connectivity index (χ3n) is 4.31. The summed E-state index contributed by atoms with van der Waals surface area (Å²) in [4.78, 5) is 38.0. The summed E-state index contributed by atoms with van der Waals surface area (Å²) in [6.45, 7) is 1.04. The van der Waals surface area contributed by atoms with Crippen LogP contribution in [0.25, 0.3) is 0 Å². The van der Waals surface area contributed by atoms with E-state index in [9.17, 15) is 14.4 Å². The van der Waals surface area contributed by atoms with Crippen molar-refractivity contribution in [1.82, 2.24) is 10.6 Å². The average molecular weight is 351 g/mol. The molecule has 0 aliphatic carbocycles. The van der Waals surface area contributed by atoms with Gasteiger partial charge in [-0.1, -0.05) is 36.4 Å². The van der Waals surface area contributed by atoms with Gasteiger partial charge < -0.3 is 15.5 Å². The lowest BCUT2D eigenvalue weighted by molar-refractivity contribution is -0.126. The Labute approximate surface area is 152 Å². The zero-order valence-corrected chi connectivity index (χ0v) is 14.4. The zero-order chi connectivity index (χ0) is 18.4. The number of rotatable bonds is 6. The van der Waals surface area contributed by atoms with Crippen molar-refractivity contribution in [3.8, 4) is 0 Å². The molecule has 1 aliphatic heterocycles. The van der Waals surface area contributed by atoms with Crippen molar-refractivity contribution in [2.75, 3.05) is 24.5 Å². The molecular weight excluding hydrogens is 330 g/mol. The Kier molecular flexibility index (Phi) is 5.63. The number of para-hydroxylation sites is 1. The van der Waals surface area contributed by atoms with E-state index in [-0.39, 0.29) is 30.1 Å². The van der Waals surface area contributed by atoms with Crippen LogP contribution < -0.4 is 15.5 Å². The third-order valence-corrected chi connectivity index (χ3v) is 4.31. The molecule has 6 nitrogen and oxygen atoms in total. The highest BCUT2D eigenvalue weighted by Crippen LogP contribution is 2.24. The van der Waals surface area contributed by atoms with Crippen molar-refractivity contribution < 1.29 is 14.4 Å². The van der Waals surface area contributed by atoms with Crippen LogP contribution in [-0.4, -0.2) is 37.4 Å². The number of benzene rings is 2. The monoisotopic (exact) mass is 351 g/mol. The number of hydrogen-bond acceptors (Lipinski definition) is 3. The Morgan fingerprint density at radius 2 is 1.54 bits per heavy atom. The van der Waals surface area contributed by atoms with Crippen molar-refractivity contribution in [3.05, 3.63) is 66.2 Å². The van der Waals surface area contributed by atoms with Crippen LogP contribution in [0.4, 0.5) is 5.69 Å². The van der Waals surface area contributed by atoms with E-state index in [1.165, 1.54) is 0 Å². The van der Waals surface area contributed by atoms with Crippen LogP contribution in [0.3, 0.4) is 0 Å². The fourth-order valence-electron chi connectivity index (χ4n) is 2.94. The quantitative estimate of drug-likeness (QED) is 0.776. The second kappa shape index (κ2) is 8.29. The first-order valence-corrected chi connectivity index (χ1v) is 8.61. The van der Waals surface area contributed by atoms with Gasteiger partial charge in [-0.2, -0.15) is 0 Å². The van der Waals surface area contributed by atoms with Crippen LogP contribution in [0.2, 0.25) is 0 Å². The van der Waals surface area contributed by atoms with Crippen LogP contribution >= 0.6 is 0 Å². The van der Waals surface area contributed by atoms with Gasteiger partial charge in [0.15, 0.2) is 0 Å². The number of amides is 3. The van der Waals surface area contributed by atoms with E-state index in [1.54, 1.807) is 29.2 Å². The Balaban J connectivity index is 1.43. The first-order valence-electron chi connectivity index (χ1n) is 8.61. The Hall–Kier alpha value is -3.15. The molecule has 26 heavy (non-hydrogen) atoms. The summed E-state index contributed by atoms with van der Waals surface area (Å²) in [5.41, 5.74) is 1.39. The highest BCUT2D eigenvalue weighted by Gasteiger charge is 2.34. The van der Waals surface area contributed by atoms with Crippen LogP contribution in [0.5, 0.6) is 0 Å². The zero-order valence-electron chi connectivity index (χ0n) is 14.4. The molecule has 0 unspecified atom stereocenters. The summed E-state index contributed by atoms with van der Waals surface area (Å²) >= 11 is 0. The molecule has 3 amide bonds. The Morgan fingerprint density at radius 3 is 2.23 bits per heavy atom. The lowest BCUT2D eigenvalue weighted by Crippen LogP contribution is -2.38. The fraction of sp³-hybridized carbons (Fsp3) is 0.250. The van der Waals surface area contributed by atoms with Gasteiger partial charge in [0.1, 0.15) is 0 Å². The van der Waals surface area contributed by atoms with E-state index >= 15 is 0 Å². The van der Waals surface area contributed by atoms with Gasteiger partial charge in [-0.3, -0.25) is 14.4 Å². The molecule has 2 aromatic rings. The number of anilines is 1. The standard InChI is InChI=1S/C20H21N3O3/c24-18-13-16(14-23(18)17-9-5-2-6-10-17)20(26)22-12-11-21-19(25)15-7-3-1-4-8-15/h1-10,16H,11-14H2,(H,21,25)(H,22,26)/t16-/m0/s1. The first-order chi connectivity index (χ1) is 12.6. The molecule has 1 saturated heterocycles. The van der Waals surface area contributed by atoms with Crippen LogP contribution in [-0.2, 0) is 9.59 Å². The number of nitrogens with zero attached hydrogens (tertiary/aromatic N) is 1. The molecule has 1 fully saturated rings. The smallest absolute Gasteiger partial charge is 0.251 e. The van der Waals surface area contributed by atoms with Crippen LogP contribution in [0.15, 0.2) is 60.7 Å². The Bertz CT molecular complexity index is 777. The molecule has 0 spiro atoms. The predicted molar refractivity (Wildman–Crippen MR) is 98.7 cm³/mol. The maximum atomic E-state index is 12.3. The second-order valence-corrected chi connectivity index (χ2v) is 6.15. The van der Waals surface area contributed by atoms with Crippen LogP contribution in [0, 0.1) is 5.92 Å². The second-order valence-electron chi connectivity index (χ2n) is 6.15. The third kappa shape index (κ3) is 4.27. The normalized spacial score (nSPS) is 16.4. The van der Waals surface area contributed by atoms with Gasteiger partial charge in [-0.25, -0.2) is 0 Å². The van der Waals surface area contributed by atoms with Crippen molar-refractivity contribution in [2.24, 2.45) is 5.92 Å². The summed E-state index contributed by atoms with van der Waals surface area (Å²) in [6.07, 6.45) is 0.205. The van der Waals surface area contributed by atoms with Gasteiger partial charge >= 0.3 is 0 Å². The number of hydrogen-bond donors (Lipinski definition) is 2. The molecule has 0 radical (unpaired) electrons. The van der Waals surface area contributed by atoms with E-state index in [0.717, 1.165) is 5.69 Å². The van der Waals surface area contributed by atoms with Gasteiger partial charge in [-0.05, 0) is 24.3 Å². The first kappa shape index (κ1) is 17.7. The molecule has 6 heteroatoms. The number of carbonyl (C=O) groups excluding carboxylic acids is 3. The Morgan fingerprint density at radius 1 is 0.923 bits per heavy atom. The molecule has 1 heterocycles. The van der Waals surface area contributed by atoms with Crippen LogP contribution in [0.1, 0.15) is 16.8 Å². The molecule has 2 aromatic carbocycles. The number of carbonyl (C=O) groups is 3. The summed E-state index contributed by atoms with van der Waals surface area (Å²) in [5.74, 6) is -0.752. The van der Waals surface area contributed by atoms with E-state index in [2.05, 4.69) is 10.6 Å². The maximum absolute atomic E-state index is 12.3. The van der Waals surface area contributed by atoms with Crippen molar-refractivity contribution >= 4 is 23.4 Å². The highest BCUT2D eigenvalue weighted by atomic mass is 16.2. The predicted octanol–water partition coefficient (Wildman–Crippen LogP) is 1.59. The fourth-order valence-corrected chi connectivity index (χ4v) is 2.94. The molecule has 2 N–H and O–H groups in total. The summed E-state index contributed by atoms with van der Waals surface area (Å²) < 4.78 is 0. The van der Waals surface area contributed by atoms with Crippen molar-refractivity contribution in [2.45, 2.75) is 6.42 Å². The average Bonchev–Trinajstić information content (AvgIpc) is 3.08. The minimum absolute atomic E-state index is 0.0475.